The summed E-state index contributed by atoms with van der Waals surface area (Å²) in [6.07, 6.45) is 3.57. The van der Waals surface area contributed by atoms with Crippen molar-refractivity contribution in [3.05, 3.63) is 60.2 Å². The van der Waals surface area contributed by atoms with Crippen molar-refractivity contribution in [2.45, 2.75) is 33.7 Å². The molecule has 0 unspecified atom stereocenters. The van der Waals surface area contributed by atoms with E-state index in [1.165, 1.54) is 0 Å². The first-order chi connectivity index (χ1) is 12.9. The van der Waals surface area contributed by atoms with Gasteiger partial charge in [0, 0.05) is 29.5 Å². The van der Waals surface area contributed by atoms with Gasteiger partial charge in [0.05, 0.1) is 5.69 Å². The van der Waals surface area contributed by atoms with Gasteiger partial charge in [-0.2, -0.15) is 5.10 Å². The Morgan fingerprint density at radius 3 is 2.44 bits per heavy atom. The highest BCUT2D eigenvalue weighted by Crippen LogP contribution is 2.17. The van der Waals surface area contributed by atoms with Crippen LogP contribution in [-0.2, 0) is 4.79 Å². The highest BCUT2D eigenvalue weighted by molar-refractivity contribution is 5.96. The van der Waals surface area contributed by atoms with Gasteiger partial charge in [0.2, 0.25) is 11.9 Å². The third-order valence-corrected chi connectivity index (χ3v) is 4.10. The second kappa shape index (κ2) is 7.99. The lowest BCUT2D eigenvalue weighted by Crippen LogP contribution is -2.39. The number of hydrogen-bond acceptors (Lipinski definition) is 5. The number of nitrogens with one attached hydrogen (secondary N) is 2. The summed E-state index contributed by atoms with van der Waals surface area (Å²) in [5.41, 5.74) is 3.31. The third kappa shape index (κ3) is 4.69. The van der Waals surface area contributed by atoms with Gasteiger partial charge in [-0.1, -0.05) is 19.9 Å². The zero-order valence-corrected chi connectivity index (χ0v) is 16.0. The fourth-order valence-electron chi connectivity index (χ4n) is 2.83. The SMILES string of the molecule is Cc1cc(C)nc(N[C@H](C(=O)Nc2cccc(-n3cccn3)c2)C(C)C)n1. The summed E-state index contributed by atoms with van der Waals surface area (Å²) in [6, 6.07) is 10.9. The minimum Gasteiger partial charge on any atom is -0.342 e. The predicted molar refractivity (Wildman–Crippen MR) is 106 cm³/mol. The Bertz CT molecular complexity index is 900. The number of carbonyl (C=O) groups excluding carboxylic acids is 1. The molecule has 7 heteroatoms. The van der Waals surface area contributed by atoms with Gasteiger partial charge in [0.1, 0.15) is 6.04 Å². The summed E-state index contributed by atoms with van der Waals surface area (Å²) >= 11 is 0. The van der Waals surface area contributed by atoms with Gasteiger partial charge in [-0.3, -0.25) is 4.79 Å². The number of aromatic nitrogens is 4. The molecule has 0 fully saturated rings. The van der Waals surface area contributed by atoms with E-state index in [0.717, 1.165) is 17.1 Å². The molecule has 1 atom stereocenters. The molecule has 7 nitrogen and oxygen atoms in total. The Labute approximate surface area is 158 Å². The number of nitrogens with zero attached hydrogens (tertiary/aromatic N) is 4. The second-order valence-corrected chi connectivity index (χ2v) is 6.83. The Morgan fingerprint density at radius 1 is 1.07 bits per heavy atom. The lowest BCUT2D eigenvalue weighted by Gasteiger charge is -2.22. The molecule has 0 aliphatic rings. The minimum atomic E-state index is -0.459. The number of amides is 1. The van der Waals surface area contributed by atoms with Crippen LogP contribution < -0.4 is 10.6 Å². The molecule has 0 saturated carbocycles. The number of hydrogen-bond donors (Lipinski definition) is 2. The van der Waals surface area contributed by atoms with Crippen molar-refractivity contribution in [3.8, 4) is 5.69 Å². The average molecular weight is 364 g/mol. The normalized spacial score (nSPS) is 12.0. The minimum absolute atomic E-state index is 0.0590. The Hall–Kier alpha value is -3.22. The van der Waals surface area contributed by atoms with Crippen molar-refractivity contribution >= 4 is 17.5 Å². The summed E-state index contributed by atoms with van der Waals surface area (Å²) in [5, 5.41) is 10.4. The molecule has 3 rings (SSSR count). The molecular formula is C20H24N6O. The number of aryl methyl sites for hydroxylation is 2. The monoisotopic (exact) mass is 364 g/mol. The lowest BCUT2D eigenvalue weighted by molar-refractivity contribution is -0.117. The molecule has 0 aliphatic carbocycles. The maximum absolute atomic E-state index is 12.9. The van der Waals surface area contributed by atoms with Gasteiger partial charge in [0.15, 0.2) is 0 Å². The van der Waals surface area contributed by atoms with Crippen LogP contribution in [0.5, 0.6) is 0 Å². The first kappa shape index (κ1) is 18.6. The van der Waals surface area contributed by atoms with E-state index in [1.54, 1.807) is 10.9 Å². The molecule has 0 radical (unpaired) electrons. The first-order valence-corrected chi connectivity index (χ1v) is 8.92. The number of rotatable bonds is 6. The van der Waals surface area contributed by atoms with Gasteiger partial charge in [0.25, 0.3) is 0 Å². The summed E-state index contributed by atoms with van der Waals surface area (Å²) in [7, 11) is 0. The summed E-state index contributed by atoms with van der Waals surface area (Å²) in [4.78, 5) is 21.6. The molecule has 2 heterocycles. The zero-order valence-electron chi connectivity index (χ0n) is 16.0. The molecule has 2 N–H and O–H groups in total. The molecule has 2 aromatic heterocycles. The van der Waals surface area contributed by atoms with Crippen molar-refractivity contribution in [2.75, 3.05) is 10.6 Å². The van der Waals surface area contributed by atoms with Gasteiger partial charge in [-0.25, -0.2) is 14.6 Å². The van der Waals surface area contributed by atoms with E-state index in [-0.39, 0.29) is 11.8 Å². The van der Waals surface area contributed by atoms with E-state index < -0.39 is 6.04 Å². The molecule has 1 aromatic carbocycles. The Kier molecular flexibility index (Phi) is 5.49. The van der Waals surface area contributed by atoms with Crippen LogP contribution in [0.3, 0.4) is 0 Å². The van der Waals surface area contributed by atoms with E-state index >= 15 is 0 Å². The van der Waals surface area contributed by atoms with Crippen LogP contribution in [-0.4, -0.2) is 31.7 Å². The van der Waals surface area contributed by atoms with Crippen LogP contribution in [0, 0.1) is 19.8 Å². The van der Waals surface area contributed by atoms with E-state index in [9.17, 15) is 4.79 Å². The van der Waals surface area contributed by atoms with Crippen LogP contribution in [0.4, 0.5) is 11.6 Å². The zero-order chi connectivity index (χ0) is 19.4. The molecule has 140 valence electrons. The first-order valence-electron chi connectivity index (χ1n) is 8.92. The van der Waals surface area contributed by atoms with Gasteiger partial charge in [-0.15, -0.1) is 0 Å². The van der Waals surface area contributed by atoms with E-state index in [2.05, 4.69) is 25.7 Å². The fraction of sp³-hybridized carbons (Fsp3) is 0.300. The molecule has 3 aromatic rings. The molecule has 0 spiro atoms. The average Bonchev–Trinajstić information content (AvgIpc) is 3.13. The van der Waals surface area contributed by atoms with E-state index in [4.69, 9.17) is 0 Å². The Balaban J connectivity index is 1.77. The number of carbonyl (C=O) groups is 1. The molecular weight excluding hydrogens is 340 g/mol. The lowest BCUT2D eigenvalue weighted by atomic mass is 10.0. The fourth-order valence-corrected chi connectivity index (χ4v) is 2.83. The van der Waals surface area contributed by atoms with Crippen molar-refractivity contribution in [1.82, 2.24) is 19.7 Å². The number of benzene rings is 1. The largest absolute Gasteiger partial charge is 0.342 e. The molecule has 0 aliphatic heterocycles. The van der Waals surface area contributed by atoms with Crippen LogP contribution >= 0.6 is 0 Å². The number of anilines is 2. The van der Waals surface area contributed by atoms with Crippen LogP contribution in [0.25, 0.3) is 5.69 Å². The maximum atomic E-state index is 12.9. The van der Waals surface area contributed by atoms with Gasteiger partial charge >= 0.3 is 0 Å². The second-order valence-electron chi connectivity index (χ2n) is 6.83. The smallest absolute Gasteiger partial charge is 0.247 e. The van der Waals surface area contributed by atoms with Crippen LogP contribution in [0.1, 0.15) is 25.2 Å². The standard InChI is InChI=1S/C20H24N6O/c1-13(2)18(25-20-22-14(3)11-15(4)23-20)19(27)24-16-7-5-8-17(12-16)26-10-6-9-21-26/h5-13,18H,1-4H3,(H,24,27)(H,22,23,25)/t18-/m0/s1. The topological polar surface area (TPSA) is 84.7 Å². The van der Waals surface area contributed by atoms with E-state index in [0.29, 0.717) is 11.6 Å². The quantitative estimate of drug-likeness (QED) is 0.701. The maximum Gasteiger partial charge on any atom is 0.247 e. The van der Waals surface area contributed by atoms with Gasteiger partial charge < -0.3 is 10.6 Å². The highest BCUT2D eigenvalue weighted by atomic mass is 16.2. The van der Waals surface area contributed by atoms with Crippen molar-refractivity contribution in [1.29, 1.82) is 0 Å². The highest BCUT2D eigenvalue weighted by Gasteiger charge is 2.23. The summed E-state index contributed by atoms with van der Waals surface area (Å²) in [6.45, 7) is 7.79. The molecule has 0 saturated heterocycles. The third-order valence-electron chi connectivity index (χ3n) is 4.10. The molecule has 0 bridgehead atoms. The van der Waals surface area contributed by atoms with Crippen molar-refractivity contribution in [3.63, 3.8) is 0 Å². The molecule has 27 heavy (non-hydrogen) atoms. The van der Waals surface area contributed by atoms with Gasteiger partial charge in [-0.05, 0) is 50.1 Å². The van der Waals surface area contributed by atoms with Crippen LogP contribution in [0.15, 0.2) is 48.8 Å². The van der Waals surface area contributed by atoms with Crippen molar-refractivity contribution < 1.29 is 4.79 Å². The predicted octanol–water partition coefficient (Wildman–Crippen LogP) is 3.35. The Morgan fingerprint density at radius 2 is 1.81 bits per heavy atom. The molecule has 1 amide bonds. The summed E-state index contributed by atoms with van der Waals surface area (Å²) < 4.78 is 1.75. The van der Waals surface area contributed by atoms with Crippen molar-refractivity contribution in [2.24, 2.45) is 5.92 Å². The van der Waals surface area contributed by atoms with Crippen LogP contribution in [0.2, 0.25) is 0 Å². The van der Waals surface area contributed by atoms with E-state index in [1.807, 2.05) is 70.3 Å². The summed E-state index contributed by atoms with van der Waals surface area (Å²) in [5.74, 6) is 0.390.